The first-order chi connectivity index (χ1) is 10.3. The van der Waals surface area contributed by atoms with Crippen LogP contribution in [0.4, 0.5) is 10.1 Å². The van der Waals surface area contributed by atoms with E-state index >= 15 is 0 Å². The molecule has 0 spiro atoms. The Labute approximate surface area is 124 Å². The summed E-state index contributed by atoms with van der Waals surface area (Å²) in [6, 6.07) is 6.58. The highest BCUT2D eigenvalue weighted by Gasteiger charge is 2.02. The van der Waals surface area contributed by atoms with Gasteiger partial charge in [-0.3, -0.25) is 4.98 Å². The fraction of sp³-hybridized carbons (Fsp3) is 0.438. The van der Waals surface area contributed by atoms with Gasteiger partial charge in [0.1, 0.15) is 5.82 Å². The van der Waals surface area contributed by atoms with E-state index in [0.29, 0.717) is 18.7 Å². The fourth-order valence-electron chi connectivity index (χ4n) is 2.07. The largest absolute Gasteiger partial charge is 0.384 e. The second-order valence-electron chi connectivity index (χ2n) is 4.76. The van der Waals surface area contributed by atoms with Crippen LogP contribution in [-0.4, -0.2) is 38.5 Å². The van der Waals surface area contributed by atoms with E-state index in [9.17, 15) is 4.39 Å². The second kappa shape index (κ2) is 8.54. The number of rotatable bonds is 9. The molecule has 1 aromatic carbocycles. The number of benzene rings is 1. The molecule has 114 valence electrons. The molecule has 0 fully saturated rings. The predicted molar refractivity (Wildman–Crippen MR) is 82.1 cm³/mol. The Kier molecular flexibility index (Phi) is 6.37. The number of ether oxygens (including phenoxy) is 2. The number of hydrogen-bond donors (Lipinski definition) is 1. The lowest BCUT2D eigenvalue weighted by atomic mass is 10.2. The molecule has 0 radical (unpaired) electrons. The maximum absolute atomic E-state index is 13.2. The summed E-state index contributed by atoms with van der Waals surface area (Å²) in [5, 5.41) is 4.31. The average Bonchev–Trinajstić information content (AvgIpc) is 2.49. The molecule has 0 saturated carbocycles. The van der Waals surface area contributed by atoms with Crippen LogP contribution in [0.5, 0.6) is 0 Å². The molecule has 0 bridgehead atoms. The molecule has 0 aliphatic heterocycles. The zero-order valence-electron chi connectivity index (χ0n) is 12.3. The first kappa shape index (κ1) is 15.7. The standard InChI is InChI=1S/C16H21FN2O2/c1-20-10-11-21-9-3-2-7-18-15-6-8-19-16-12-13(17)4-5-14(15)16/h4-6,8,12H,2-3,7,9-11H2,1H3,(H,18,19). The lowest BCUT2D eigenvalue weighted by Crippen LogP contribution is -2.06. The van der Waals surface area contributed by atoms with Crippen LogP contribution in [0.2, 0.25) is 0 Å². The van der Waals surface area contributed by atoms with Crippen molar-refractivity contribution in [3.8, 4) is 0 Å². The zero-order valence-corrected chi connectivity index (χ0v) is 12.3. The molecule has 0 aliphatic carbocycles. The number of pyridine rings is 1. The van der Waals surface area contributed by atoms with Crippen molar-refractivity contribution in [3.63, 3.8) is 0 Å². The molecular weight excluding hydrogens is 271 g/mol. The third-order valence-corrected chi connectivity index (χ3v) is 3.17. The van der Waals surface area contributed by atoms with E-state index in [4.69, 9.17) is 9.47 Å². The van der Waals surface area contributed by atoms with Gasteiger partial charge in [-0.25, -0.2) is 4.39 Å². The van der Waals surface area contributed by atoms with Crippen molar-refractivity contribution in [3.05, 3.63) is 36.3 Å². The first-order valence-corrected chi connectivity index (χ1v) is 7.16. The van der Waals surface area contributed by atoms with Gasteiger partial charge < -0.3 is 14.8 Å². The van der Waals surface area contributed by atoms with Crippen LogP contribution >= 0.6 is 0 Å². The van der Waals surface area contributed by atoms with Crippen LogP contribution in [0.15, 0.2) is 30.5 Å². The normalized spacial score (nSPS) is 11.0. The van der Waals surface area contributed by atoms with Gasteiger partial charge in [0.2, 0.25) is 0 Å². The third-order valence-electron chi connectivity index (χ3n) is 3.17. The Hall–Kier alpha value is -1.72. The quantitative estimate of drug-likeness (QED) is 0.721. The molecule has 21 heavy (non-hydrogen) atoms. The Morgan fingerprint density at radius 3 is 2.90 bits per heavy atom. The van der Waals surface area contributed by atoms with Crippen molar-refractivity contribution in [2.45, 2.75) is 12.8 Å². The molecular formula is C16H21FN2O2. The monoisotopic (exact) mass is 292 g/mol. The maximum atomic E-state index is 13.2. The summed E-state index contributed by atoms with van der Waals surface area (Å²) < 4.78 is 23.5. The molecule has 0 aliphatic rings. The zero-order chi connectivity index (χ0) is 14.9. The smallest absolute Gasteiger partial charge is 0.125 e. The highest BCUT2D eigenvalue weighted by Crippen LogP contribution is 2.22. The molecule has 0 saturated heterocycles. The number of nitrogens with one attached hydrogen (secondary N) is 1. The SMILES string of the molecule is COCCOCCCCNc1ccnc2cc(F)ccc12. The van der Waals surface area contributed by atoms with Gasteiger partial charge in [0.05, 0.1) is 18.7 Å². The van der Waals surface area contributed by atoms with Crippen molar-refractivity contribution < 1.29 is 13.9 Å². The molecule has 0 atom stereocenters. The molecule has 4 nitrogen and oxygen atoms in total. The number of anilines is 1. The van der Waals surface area contributed by atoms with Crippen molar-refractivity contribution in [2.24, 2.45) is 0 Å². The summed E-state index contributed by atoms with van der Waals surface area (Å²) >= 11 is 0. The molecule has 2 rings (SSSR count). The predicted octanol–water partition coefficient (Wildman–Crippen LogP) is 3.23. The number of methoxy groups -OCH3 is 1. The van der Waals surface area contributed by atoms with Gasteiger partial charge in [-0.1, -0.05) is 0 Å². The van der Waals surface area contributed by atoms with Crippen molar-refractivity contribution >= 4 is 16.6 Å². The number of hydrogen-bond acceptors (Lipinski definition) is 4. The molecule has 2 aromatic rings. The highest BCUT2D eigenvalue weighted by molar-refractivity contribution is 5.90. The first-order valence-electron chi connectivity index (χ1n) is 7.16. The van der Waals surface area contributed by atoms with Crippen LogP contribution in [0, 0.1) is 5.82 Å². The van der Waals surface area contributed by atoms with Gasteiger partial charge in [-0.15, -0.1) is 0 Å². The van der Waals surface area contributed by atoms with E-state index in [2.05, 4.69) is 10.3 Å². The van der Waals surface area contributed by atoms with Gasteiger partial charge >= 0.3 is 0 Å². The highest BCUT2D eigenvalue weighted by atomic mass is 19.1. The topological polar surface area (TPSA) is 43.4 Å². The van der Waals surface area contributed by atoms with Crippen molar-refractivity contribution in [2.75, 3.05) is 38.8 Å². The fourth-order valence-corrected chi connectivity index (χ4v) is 2.07. The summed E-state index contributed by atoms with van der Waals surface area (Å²) in [5.74, 6) is -0.264. The van der Waals surface area contributed by atoms with Crippen LogP contribution in [0.1, 0.15) is 12.8 Å². The number of nitrogens with zero attached hydrogens (tertiary/aromatic N) is 1. The van der Waals surface area contributed by atoms with E-state index in [1.807, 2.05) is 6.07 Å². The van der Waals surface area contributed by atoms with Crippen LogP contribution in [0.25, 0.3) is 10.9 Å². The minimum Gasteiger partial charge on any atom is -0.384 e. The summed E-state index contributed by atoms with van der Waals surface area (Å²) in [6.45, 7) is 2.87. The summed E-state index contributed by atoms with van der Waals surface area (Å²) in [7, 11) is 1.66. The number of aromatic nitrogens is 1. The van der Waals surface area contributed by atoms with E-state index in [-0.39, 0.29) is 5.82 Å². The van der Waals surface area contributed by atoms with Crippen LogP contribution in [0.3, 0.4) is 0 Å². The van der Waals surface area contributed by atoms with Crippen LogP contribution in [-0.2, 0) is 9.47 Å². The van der Waals surface area contributed by atoms with Gasteiger partial charge in [0, 0.05) is 43.6 Å². The summed E-state index contributed by atoms with van der Waals surface area (Å²) in [6.07, 6.45) is 3.70. The summed E-state index contributed by atoms with van der Waals surface area (Å²) in [4.78, 5) is 4.18. The Bertz CT molecular complexity index is 563. The van der Waals surface area contributed by atoms with Crippen molar-refractivity contribution in [1.29, 1.82) is 0 Å². The third kappa shape index (κ3) is 4.95. The minimum atomic E-state index is -0.264. The average molecular weight is 292 g/mol. The van der Waals surface area contributed by atoms with Gasteiger partial charge in [-0.2, -0.15) is 0 Å². The van der Waals surface area contributed by atoms with E-state index < -0.39 is 0 Å². The maximum Gasteiger partial charge on any atom is 0.125 e. The minimum absolute atomic E-state index is 0.264. The molecule has 1 heterocycles. The Morgan fingerprint density at radius 1 is 1.14 bits per heavy atom. The van der Waals surface area contributed by atoms with Gasteiger partial charge in [0.15, 0.2) is 0 Å². The molecule has 0 amide bonds. The van der Waals surface area contributed by atoms with Gasteiger partial charge in [0.25, 0.3) is 0 Å². The second-order valence-corrected chi connectivity index (χ2v) is 4.76. The Morgan fingerprint density at radius 2 is 2.05 bits per heavy atom. The van der Waals surface area contributed by atoms with E-state index in [0.717, 1.165) is 37.1 Å². The lowest BCUT2D eigenvalue weighted by molar-refractivity contribution is 0.0691. The molecule has 0 unspecified atom stereocenters. The number of fused-ring (bicyclic) bond motifs is 1. The summed E-state index contributed by atoms with van der Waals surface area (Å²) in [5.41, 5.74) is 1.66. The Balaban J connectivity index is 1.76. The van der Waals surface area contributed by atoms with Crippen molar-refractivity contribution in [1.82, 2.24) is 4.98 Å². The number of unbranched alkanes of at least 4 members (excludes halogenated alkanes) is 1. The molecule has 1 N–H and O–H groups in total. The lowest BCUT2D eigenvalue weighted by Gasteiger charge is -2.09. The van der Waals surface area contributed by atoms with Crippen LogP contribution < -0.4 is 5.32 Å². The number of halogens is 1. The molecule has 1 aromatic heterocycles. The van der Waals surface area contributed by atoms with E-state index in [1.165, 1.54) is 12.1 Å². The van der Waals surface area contributed by atoms with Gasteiger partial charge in [-0.05, 0) is 31.0 Å². The van der Waals surface area contributed by atoms with E-state index in [1.54, 1.807) is 19.4 Å². The molecule has 5 heteroatoms.